The van der Waals surface area contributed by atoms with Crippen LogP contribution < -0.4 is 5.32 Å². The number of likely N-dealkylation sites (N-methyl/N-ethyl adjacent to an activating group) is 1. The molecule has 4 nitrogen and oxygen atoms in total. The predicted octanol–water partition coefficient (Wildman–Crippen LogP) is 3.82. The van der Waals surface area contributed by atoms with Gasteiger partial charge in [0.1, 0.15) is 5.60 Å². The van der Waals surface area contributed by atoms with Crippen molar-refractivity contribution in [1.82, 2.24) is 10.2 Å². The highest BCUT2D eigenvalue weighted by molar-refractivity contribution is 5.67. The molecule has 22 heavy (non-hydrogen) atoms. The third-order valence-electron chi connectivity index (χ3n) is 3.35. The first-order chi connectivity index (χ1) is 10.1. The average molecular weight is 306 g/mol. The summed E-state index contributed by atoms with van der Waals surface area (Å²) in [5, 5.41) is 3.45. The third kappa shape index (κ3) is 6.48. The summed E-state index contributed by atoms with van der Waals surface area (Å²) in [6, 6.07) is 6.82. The SMILES string of the molecule is Cc1cc(C)cc(C(C)NCCN(C)C(=O)OC(C)(C)C)c1. The van der Waals surface area contributed by atoms with E-state index in [0.29, 0.717) is 6.54 Å². The van der Waals surface area contributed by atoms with Crippen LogP contribution >= 0.6 is 0 Å². The summed E-state index contributed by atoms with van der Waals surface area (Å²) in [5.41, 5.74) is 3.37. The fourth-order valence-electron chi connectivity index (χ4n) is 2.26. The van der Waals surface area contributed by atoms with Crippen molar-refractivity contribution in [2.75, 3.05) is 20.1 Å². The largest absolute Gasteiger partial charge is 0.444 e. The van der Waals surface area contributed by atoms with Crippen molar-refractivity contribution in [2.45, 2.75) is 53.2 Å². The summed E-state index contributed by atoms with van der Waals surface area (Å²) in [4.78, 5) is 13.5. The van der Waals surface area contributed by atoms with Gasteiger partial charge in [-0.3, -0.25) is 0 Å². The zero-order valence-electron chi connectivity index (χ0n) is 15.0. The lowest BCUT2D eigenvalue weighted by Gasteiger charge is -2.25. The second-order valence-corrected chi connectivity index (χ2v) is 7.00. The van der Waals surface area contributed by atoms with Crippen LogP contribution in [0.15, 0.2) is 18.2 Å². The van der Waals surface area contributed by atoms with Crippen LogP contribution in [0.3, 0.4) is 0 Å². The van der Waals surface area contributed by atoms with Crippen molar-refractivity contribution >= 4 is 6.09 Å². The second kappa shape index (κ2) is 7.63. The van der Waals surface area contributed by atoms with Gasteiger partial charge in [0.25, 0.3) is 0 Å². The lowest BCUT2D eigenvalue weighted by molar-refractivity contribution is 0.0299. The van der Waals surface area contributed by atoms with Crippen molar-refractivity contribution in [3.8, 4) is 0 Å². The van der Waals surface area contributed by atoms with Crippen LogP contribution in [-0.4, -0.2) is 36.7 Å². The maximum Gasteiger partial charge on any atom is 0.410 e. The van der Waals surface area contributed by atoms with E-state index in [1.54, 1.807) is 11.9 Å². The van der Waals surface area contributed by atoms with E-state index in [-0.39, 0.29) is 12.1 Å². The Morgan fingerprint density at radius 3 is 2.27 bits per heavy atom. The number of nitrogens with zero attached hydrogens (tertiary/aromatic N) is 1. The van der Waals surface area contributed by atoms with Gasteiger partial charge in [0.2, 0.25) is 0 Å². The molecule has 1 amide bonds. The summed E-state index contributed by atoms with van der Waals surface area (Å²) in [6.07, 6.45) is -0.284. The molecule has 0 aliphatic heterocycles. The standard InChI is InChI=1S/C18H30N2O2/c1-13-10-14(2)12-16(11-13)15(3)19-8-9-20(7)17(21)22-18(4,5)6/h10-12,15,19H,8-9H2,1-7H3. The summed E-state index contributed by atoms with van der Waals surface area (Å²) >= 11 is 0. The maximum absolute atomic E-state index is 11.9. The van der Waals surface area contributed by atoms with E-state index < -0.39 is 5.60 Å². The molecular formula is C18H30N2O2. The van der Waals surface area contributed by atoms with E-state index in [1.807, 2.05) is 20.8 Å². The molecule has 1 atom stereocenters. The van der Waals surface area contributed by atoms with Gasteiger partial charge in [-0.15, -0.1) is 0 Å². The normalized spacial score (nSPS) is 12.9. The van der Waals surface area contributed by atoms with E-state index in [2.05, 4.69) is 44.3 Å². The fraction of sp³-hybridized carbons (Fsp3) is 0.611. The van der Waals surface area contributed by atoms with Crippen molar-refractivity contribution in [1.29, 1.82) is 0 Å². The molecule has 1 rings (SSSR count). The minimum Gasteiger partial charge on any atom is -0.444 e. The second-order valence-electron chi connectivity index (χ2n) is 7.00. The summed E-state index contributed by atoms with van der Waals surface area (Å²) in [7, 11) is 1.76. The van der Waals surface area contributed by atoms with Gasteiger partial charge in [0, 0.05) is 26.2 Å². The van der Waals surface area contributed by atoms with Crippen LogP contribution in [-0.2, 0) is 4.74 Å². The quantitative estimate of drug-likeness (QED) is 0.899. The fourth-order valence-corrected chi connectivity index (χ4v) is 2.26. The van der Waals surface area contributed by atoms with E-state index in [0.717, 1.165) is 6.54 Å². The van der Waals surface area contributed by atoms with Crippen molar-refractivity contribution in [3.05, 3.63) is 34.9 Å². The monoisotopic (exact) mass is 306 g/mol. The van der Waals surface area contributed by atoms with Crippen LogP contribution in [0, 0.1) is 13.8 Å². The van der Waals surface area contributed by atoms with Gasteiger partial charge in [-0.25, -0.2) is 4.79 Å². The number of nitrogens with one attached hydrogen (secondary N) is 1. The molecule has 1 N–H and O–H groups in total. The van der Waals surface area contributed by atoms with E-state index >= 15 is 0 Å². The van der Waals surface area contributed by atoms with Crippen molar-refractivity contribution < 1.29 is 9.53 Å². The Morgan fingerprint density at radius 1 is 1.23 bits per heavy atom. The first-order valence-corrected chi connectivity index (χ1v) is 7.84. The number of benzene rings is 1. The molecule has 0 bridgehead atoms. The van der Waals surface area contributed by atoms with E-state index in [1.165, 1.54) is 16.7 Å². The summed E-state index contributed by atoms with van der Waals surface area (Å²) in [6.45, 7) is 13.3. The molecule has 0 aliphatic carbocycles. The number of carbonyl (C=O) groups is 1. The number of aryl methyl sites for hydroxylation is 2. The van der Waals surface area contributed by atoms with Gasteiger partial charge >= 0.3 is 6.09 Å². The average Bonchev–Trinajstić information content (AvgIpc) is 2.35. The molecule has 1 unspecified atom stereocenters. The van der Waals surface area contributed by atoms with Gasteiger partial charge in [-0.1, -0.05) is 29.3 Å². The van der Waals surface area contributed by atoms with Crippen LogP contribution in [0.4, 0.5) is 4.79 Å². The molecular weight excluding hydrogens is 276 g/mol. The molecule has 0 saturated heterocycles. The lowest BCUT2D eigenvalue weighted by atomic mass is 10.0. The Labute approximate surface area is 134 Å². The molecule has 0 radical (unpaired) electrons. The molecule has 0 heterocycles. The Balaban J connectivity index is 2.44. The molecule has 124 valence electrons. The molecule has 1 aromatic rings. The number of carbonyl (C=O) groups excluding carboxylic acids is 1. The third-order valence-corrected chi connectivity index (χ3v) is 3.35. The highest BCUT2D eigenvalue weighted by atomic mass is 16.6. The van der Waals surface area contributed by atoms with Crippen LogP contribution in [0.5, 0.6) is 0 Å². The van der Waals surface area contributed by atoms with Gasteiger partial charge in [-0.05, 0) is 47.1 Å². The van der Waals surface area contributed by atoms with Crippen molar-refractivity contribution in [2.24, 2.45) is 0 Å². The molecule has 1 aromatic carbocycles. The molecule has 0 aromatic heterocycles. The predicted molar refractivity (Wildman–Crippen MR) is 91.2 cm³/mol. The van der Waals surface area contributed by atoms with Crippen LogP contribution in [0.1, 0.15) is 50.4 Å². The Kier molecular flexibility index (Phi) is 6.42. The van der Waals surface area contributed by atoms with Gasteiger partial charge in [0.05, 0.1) is 0 Å². The Hall–Kier alpha value is -1.55. The van der Waals surface area contributed by atoms with Gasteiger partial charge < -0.3 is 15.0 Å². The minimum absolute atomic E-state index is 0.255. The van der Waals surface area contributed by atoms with E-state index in [9.17, 15) is 4.79 Å². The molecule has 0 fully saturated rings. The maximum atomic E-state index is 11.9. The van der Waals surface area contributed by atoms with Gasteiger partial charge in [-0.2, -0.15) is 0 Å². The zero-order valence-corrected chi connectivity index (χ0v) is 15.0. The number of rotatable bonds is 5. The lowest BCUT2D eigenvalue weighted by Crippen LogP contribution is -2.38. The first-order valence-electron chi connectivity index (χ1n) is 7.84. The smallest absolute Gasteiger partial charge is 0.410 e. The zero-order chi connectivity index (χ0) is 16.9. The number of amides is 1. The molecule has 0 saturated carbocycles. The Morgan fingerprint density at radius 2 is 1.77 bits per heavy atom. The number of hydrogen-bond acceptors (Lipinski definition) is 3. The minimum atomic E-state index is -0.453. The molecule has 0 aliphatic rings. The van der Waals surface area contributed by atoms with Crippen molar-refractivity contribution in [3.63, 3.8) is 0 Å². The molecule has 0 spiro atoms. The summed E-state index contributed by atoms with van der Waals surface area (Å²) < 4.78 is 5.33. The van der Waals surface area contributed by atoms with Gasteiger partial charge in [0.15, 0.2) is 0 Å². The van der Waals surface area contributed by atoms with E-state index in [4.69, 9.17) is 4.74 Å². The first kappa shape index (κ1) is 18.5. The Bertz CT molecular complexity index is 486. The highest BCUT2D eigenvalue weighted by Crippen LogP contribution is 2.16. The molecule has 4 heteroatoms. The van der Waals surface area contributed by atoms with Crippen LogP contribution in [0.25, 0.3) is 0 Å². The number of ether oxygens (including phenoxy) is 1. The topological polar surface area (TPSA) is 41.6 Å². The summed E-state index contributed by atoms with van der Waals surface area (Å²) in [5.74, 6) is 0. The van der Waals surface area contributed by atoms with Crippen LogP contribution in [0.2, 0.25) is 0 Å². The highest BCUT2D eigenvalue weighted by Gasteiger charge is 2.19. The number of hydrogen-bond donors (Lipinski definition) is 1.